The van der Waals surface area contributed by atoms with Crippen LogP contribution in [-0.4, -0.2) is 11.8 Å². The molecule has 5 nitrogen and oxygen atoms in total. The van der Waals surface area contributed by atoms with Gasteiger partial charge >= 0.3 is 5.91 Å². The monoisotopic (exact) mass is 420 g/mol. The molecule has 2 amide bonds. The minimum atomic E-state index is -0.810. The van der Waals surface area contributed by atoms with Crippen molar-refractivity contribution in [1.29, 1.82) is 0 Å². The Morgan fingerprint density at radius 3 is 2.27 bits per heavy atom. The van der Waals surface area contributed by atoms with Crippen LogP contribution in [0.5, 0.6) is 0 Å². The number of furan rings is 1. The molecule has 3 rings (SSSR count). The fourth-order valence-electron chi connectivity index (χ4n) is 2.14. The molecule has 0 saturated heterocycles. The Morgan fingerprint density at radius 2 is 1.58 bits per heavy atom. The van der Waals surface area contributed by atoms with Crippen LogP contribution in [0, 0.1) is 11.6 Å². The van der Waals surface area contributed by atoms with Gasteiger partial charge in [0, 0.05) is 16.1 Å². The van der Waals surface area contributed by atoms with Gasteiger partial charge in [0.25, 0.3) is 5.91 Å². The lowest BCUT2D eigenvalue weighted by Gasteiger charge is -2.06. The van der Waals surface area contributed by atoms with Crippen molar-refractivity contribution in [2.75, 3.05) is 0 Å². The molecule has 0 aliphatic heterocycles. The van der Waals surface area contributed by atoms with Gasteiger partial charge in [0.15, 0.2) is 5.76 Å². The maximum atomic E-state index is 13.8. The number of rotatable bonds is 3. The van der Waals surface area contributed by atoms with Crippen molar-refractivity contribution in [3.8, 4) is 11.3 Å². The lowest BCUT2D eigenvalue weighted by Crippen LogP contribution is -2.41. The molecule has 0 fully saturated rings. The number of hydrogen-bond acceptors (Lipinski definition) is 3. The van der Waals surface area contributed by atoms with E-state index in [2.05, 4.69) is 26.8 Å². The molecule has 132 valence electrons. The summed E-state index contributed by atoms with van der Waals surface area (Å²) in [5.74, 6) is -2.83. The Morgan fingerprint density at radius 1 is 0.885 bits per heavy atom. The molecule has 0 bridgehead atoms. The van der Waals surface area contributed by atoms with E-state index in [0.29, 0.717) is 5.56 Å². The van der Waals surface area contributed by atoms with Crippen LogP contribution in [0.1, 0.15) is 20.9 Å². The van der Waals surface area contributed by atoms with Crippen molar-refractivity contribution in [3.63, 3.8) is 0 Å². The van der Waals surface area contributed by atoms with Gasteiger partial charge < -0.3 is 4.42 Å². The van der Waals surface area contributed by atoms with Crippen molar-refractivity contribution in [1.82, 2.24) is 10.9 Å². The molecule has 1 aromatic heterocycles. The third-order valence-electron chi connectivity index (χ3n) is 3.42. The predicted octanol–water partition coefficient (Wildman–Crippen LogP) is 4.06. The van der Waals surface area contributed by atoms with E-state index >= 15 is 0 Å². The number of carbonyl (C=O) groups excluding carboxylic acids is 2. The zero-order valence-electron chi connectivity index (χ0n) is 13.1. The molecule has 26 heavy (non-hydrogen) atoms. The molecule has 3 aromatic rings. The highest BCUT2D eigenvalue weighted by Crippen LogP contribution is 2.25. The number of benzene rings is 2. The third-order valence-corrected chi connectivity index (χ3v) is 3.95. The van der Waals surface area contributed by atoms with E-state index in [9.17, 15) is 18.4 Å². The summed E-state index contributed by atoms with van der Waals surface area (Å²) in [5.41, 5.74) is 4.82. The number of hydrazine groups is 1. The molecule has 0 aliphatic rings. The van der Waals surface area contributed by atoms with Gasteiger partial charge in [-0.25, -0.2) is 8.78 Å². The molecular formula is C18H11BrF2N2O3. The minimum Gasteiger partial charge on any atom is -0.451 e. The summed E-state index contributed by atoms with van der Waals surface area (Å²) >= 11 is 3.26. The first-order chi connectivity index (χ1) is 12.4. The van der Waals surface area contributed by atoms with E-state index < -0.39 is 23.4 Å². The fourth-order valence-corrected chi connectivity index (χ4v) is 2.41. The number of hydrogen-bond donors (Lipinski definition) is 2. The summed E-state index contributed by atoms with van der Waals surface area (Å²) < 4.78 is 32.8. The molecule has 0 aliphatic carbocycles. The minimum absolute atomic E-state index is 0.0179. The maximum absolute atomic E-state index is 13.8. The van der Waals surface area contributed by atoms with E-state index in [4.69, 9.17) is 4.42 Å². The fraction of sp³-hybridized carbons (Fsp3) is 0. The van der Waals surface area contributed by atoms with Crippen molar-refractivity contribution < 1.29 is 22.8 Å². The van der Waals surface area contributed by atoms with Crippen LogP contribution in [0.25, 0.3) is 11.3 Å². The predicted molar refractivity (Wildman–Crippen MR) is 93.1 cm³/mol. The Bertz CT molecular complexity index is 971. The zero-order chi connectivity index (χ0) is 18.7. The molecule has 2 N–H and O–H groups in total. The third kappa shape index (κ3) is 3.97. The number of nitrogens with one attached hydrogen (secondary N) is 2. The van der Waals surface area contributed by atoms with Gasteiger partial charge in [0.2, 0.25) is 0 Å². The van der Waals surface area contributed by atoms with E-state index in [1.807, 2.05) is 0 Å². The highest BCUT2D eigenvalue weighted by atomic mass is 79.9. The van der Waals surface area contributed by atoms with E-state index in [0.717, 1.165) is 16.6 Å². The van der Waals surface area contributed by atoms with Crippen LogP contribution < -0.4 is 10.9 Å². The molecule has 1 heterocycles. The Labute approximate surface area is 155 Å². The lowest BCUT2D eigenvalue weighted by molar-refractivity contribution is 0.0831. The first kappa shape index (κ1) is 17.8. The number of carbonyl (C=O) groups is 2. The number of halogens is 3. The van der Waals surface area contributed by atoms with Gasteiger partial charge in [0.1, 0.15) is 17.4 Å². The second-order valence-corrected chi connectivity index (χ2v) is 6.12. The highest BCUT2D eigenvalue weighted by Gasteiger charge is 2.16. The summed E-state index contributed by atoms with van der Waals surface area (Å²) in [6.45, 7) is 0. The first-order valence-corrected chi connectivity index (χ1v) is 8.15. The smallest absolute Gasteiger partial charge is 0.305 e. The quantitative estimate of drug-likeness (QED) is 0.627. The summed E-state index contributed by atoms with van der Waals surface area (Å²) in [7, 11) is 0. The molecule has 0 unspecified atom stereocenters. The Balaban J connectivity index is 1.66. The van der Waals surface area contributed by atoms with Crippen LogP contribution in [0.15, 0.2) is 63.5 Å². The lowest BCUT2D eigenvalue weighted by atomic mass is 10.1. The van der Waals surface area contributed by atoms with Gasteiger partial charge in [-0.1, -0.05) is 15.9 Å². The second-order valence-electron chi connectivity index (χ2n) is 5.20. The van der Waals surface area contributed by atoms with Crippen LogP contribution in [0.3, 0.4) is 0 Å². The average molecular weight is 421 g/mol. The molecular weight excluding hydrogens is 410 g/mol. The summed E-state index contributed by atoms with van der Waals surface area (Å²) in [4.78, 5) is 24.0. The molecule has 0 radical (unpaired) electrons. The SMILES string of the molecule is O=C(NNC(=O)c1ccc(-c2ccc(F)cc2F)o1)c1ccc(Br)cc1. The topological polar surface area (TPSA) is 71.3 Å². The summed E-state index contributed by atoms with van der Waals surface area (Å²) in [6.07, 6.45) is 0. The van der Waals surface area contributed by atoms with Crippen LogP contribution >= 0.6 is 15.9 Å². The summed E-state index contributed by atoms with van der Waals surface area (Å²) in [5, 5.41) is 0. The zero-order valence-corrected chi connectivity index (χ0v) is 14.6. The van der Waals surface area contributed by atoms with Gasteiger partial charge in [-0.05, 0) is 48.5 Å². The average Bonchev–Trinajstić information content (AvgIpc) is 3.10. The van der Waals surface area contributed by atoms with Crippen LogP contribution in [-0.2, 0) is 0 Å². The van der Waals surface area contributed by atoms with Gasteiger partial charge in [-0.3, -0.25) is 20.4 Å². The van der Waals surface area contributed by atoms with E-state index in [1.165, 1.54) is 18.2 Å². The Kier molecular flexibility index (Phi) is 5.13. The van der Waals surface area contributed by atoms with Gasteiger partial charge in [-0.15, -0.1) is 0 Å². The second kappa shape index (κ2) is 7.49. The first-order valence-electron chi connectivity index (χ1n) is 7.35. The Hall–Kier alpha value is -3.00. The molecule has 0 spiro atoms. The van der Waals surface area contributed by atoms with Crippen molar-refractivity contribution in [2.45, 2.75) is 0 Å². The van der Waals surface area contributed by atoms with E-state index in [1.54, 1.807) is 24.3 Å². The largest absolute Gasteiger partial charge is 0.451 e. The highest BCUT2D eigenvalue weighted by molar-refractivity contribution is 9.10. The molecule has 8 heteroatoms. The molecule has 2 aromatic carbocycles. The van der Waals surface area contributed by atoms with Crippen molar-refractivity contribution in [2.24, 2.45) is 0 Å². The van der Waals surface area contributed by atoms with Crippen LogP contribution in [0.4, 0.5) is 8.78 Å². The van der Waals surface area contributed by atoms with Crippen LogP contribution in [0.2, 0.25) is 0 Å². The van der Waals surface area contributed by atoms with Crippen molar-refractivity contribution in [3.05, 3.63) is 82.0 Å². The standard InChI is InChI=1S/C18H11BrF2N2O3/c19-11-3-1-10(2-4-11)17(24)22-23-18(25)16-8-7-15(26-16)13-6-5-12(20)9-14(13)21/h1-9H,(H,22,24)(H,23,25). The van der Waals surface area contributed by atoms with Gasteiger partial charge in [-0.2, -0.15) is 0 Å². The van der Waals surface area contributed by atoms with Crippen molar-refractivity contribution >= 4 is 27.7 Å². The van der Waals surface area contributed by atoms with E-state index in [-0.39, 0.29) is 17.1 Å². The molecule has 0 saturated carbocycles. The number of amides is 2. The maximum Gasteiger partial charge on any atom is 0.305 e. The summed E-state index contributed by atoms with van der Waals surface area (Å²) in [6, 6.07) is 12.2. The van der Waals surface area contributed by atoms with Gasteiger partial charge in [0.05, 0.1) is 5.56 Å². The molecule has 0 atom stereocenters. The normalized spacial score (nSPS) is 10.4.